The Morgan fingerprint density at radius 2 is 1.92 bits per heavy atom. The van der Waals surface area contributed by atoms with Crippen LogP contribution in [0, 0.1) is 5.92 Å². The van der Waals surface area contributed by atoms with E-state index in [9.17, 15) is 9.59 Å². The van der Waals surface area contributed by atoms with Gasteiger partial charge in [0.2, 0.25) is 11.8 Å². The summed E-state index contributed by atoms with van der Waals surface area (Å²) in [6.45, 7) is 4.51. The fourth-order valence-electron chi connectivity index (χ4n) is 3.02. The van der Waals surface area contributed by atoms with Crippen LogP contribution in [0.1, 0.15) is 20.3 Å². The van der Waals surface area contributed by atoms with Crippen molar-refractivity contribution in [3.8, 4) is 0 Å². The second kappa shape index (κ2) is 7.42. The molecular formula is C19H24ClN3O2. The Labute approximate surface area is 154 Å². The van der Waals surface area contributed by atoms with Crippen molar-refractivity contribution < 1.29 is 9.59 Å². The van der Waals surface area contributed by atoms with Crippen molar-refractivity contribution in [1.82, 2.24) is 5.32 Å². The van der Waals surface area contributed by atoms with E-state index in [1.165, 1.54) is 0 Å². The Kier molecular flexibility index (Phi) is 5.70. The normalized spacial score (nSPS) is 17.5. The van der Waals surface area contributed by atoms with Crippen LogP contribution in [0.5, 0.6) is 0 Å². The third kappa shape index (κ3) is 4.30. The number of amides is 2. The fourth-order valence-corrected chi connectivity index (χ4v) is 3.02. The first-order valence-electron chi connectivity index (χ1n) is 8.20. The number of nitrogens with two attached hydrogens (primary N) is 1. The number of carbonyl (C=O) groups excluding carboxylic acids is 2. The van der Waals surface area contributed by atoms with Crippen molar-refractivity contribution in [1.29, 1.82) is 0 Å². The van der Waals surface area contributed by atoms with Crippen molar-refractivity contribution in [3.63, 3.8) is 0 Å². The molecule has 1 saturated heterocycles. The first-order chi connectivity index (χ1) is 11.3. The Bertz CT molecular complexity index is 780. The molecule has 1 heterocycles. The third-order valence-corrected chi connectivity index (χ3v) is 4.27. The van der Waals surface area contributed by atoms with Gasteiger partial charge in [-0.05, 0) is 25.3 Å². The number of nitrogens with zero attached hydrogens (tertiary/aromatic N) is 1. The highest BCUT2D eigenvalue weighted by molar-refractivity contribution is 6.06. The van der Waals surface area contributed by atoms with Gasteiger partial charge in [-0.3, -0.25) is 9.59 Å². The summed E-state index contributed by atoms with van der Waals surface area (Å²) in [5, 5.41) is 4.96. The summed E-state index contributed by atoms with van der Waals surface area (Å²) in [7, 11) is 0. The van der Waals surface area contributed by atoms with Gasteiger partial charge in [-0.15, -0.1) is 12.4 Å². The molecule has 5 nitrogen and oxygen atoms in total. The van der Waals surface area contributed by atoms with E-state index in [0.29, 0.717) is 13.1 Å². The lowest BCUT2D eigenvalue weighted by Gasteiger charge is -2.21. The van der Waals surface area contributed by atoms with Crippen LogP contribution < -0.4 is 16.0 Å². The van der Waals surface area contributed by atoms with Gasteiger partial charge in [-0.1, -0.05) is 36.4 Å². The molecule has 3 rings (SSSR count). The average Bonchev–Trinajstić information content (AvgIpc) is 2.93. The van der Waals surface area contributed by atoms with Crippen molar-refractivity contribution in [3.05, 3.63) is 42.5 Å². The quantitative estimate of drug-likeness (QED) is 0.878. The van der Waals surface area contributed by atoms with Gasteiger partial charge in [-0.25, -0.2) is 0 Å². The lowest BCUT2D eigenvalue weighted by atomic mass is 10.1. The highest BCUT2D eigenvalue weighted by Gasteiger charge is 2.35. The van der Waals surface area contributed by atoms with Crippen LogP contribution >= 0.6 is 12.4 Å². The lowest BCUT2D eigenvalue weighted by molar-refractivity contribution is -0.126. The lowest BCUT2D eigenvalue weighted by Crippen LogP contribution is -2.46. The number of nitrogens with one attached hydrogen (secondary N) is 1. The molecule has 1 unspecified atom stereocenters. The van der Waals surface area contributed by atoms with Crippen LogP contribution in [-0.2, 0) is 9.59 Å². The van der Waals surface area contributed by atoms with Crippen molar-refractivity contribution in [2.45, 2.75) is 25.8 Å². The second-order valence-electron chi connectivity index (χ2n) is 7.11. The van der Waals surface area contributed by atoms with Crippen LogP contribution in [0.25, 0.3) is 10.8 Å². The SMILES string of the molecule is CC(C)(N)CNC(=O)C1CC(=O)N(c2cccc3ccccc23)C1.Cl. The molecule has 2 aromatic rings. The molecule has 6 heteroatoms. The summed E-state index contributed by atoms with van der Waals surface area (Å²) in [6.07, 6.45) is 0.236. The topological polar surface area (TPSA) is 75.4 Å². The number of halogens is 1. The van der Waals surface area contributed by atoms with E-state index < -0.39 is 5.54 Å². The van der Waals surface area contributed by atoms with Crippen LogP contribution in [0.4, 0.5) is 5.69 Å². The highest BCUT2D eigenvalue weighted by atomic mass is 35.5. The van der Waals surface area contributed by atoms with E-state index in [2.05, 4.69) is 5.32 Å². The minimum atomic E-state index is -0.465. The Hall–Kier alpha value is -2.11. The van der Waals surface area contributed by atoms with E-state index in [1.807, 2.05) is 56.3 Å². The average molecular weight is 362 g/mol. The molecule has 25 heavy (non-hydrogen) atoms. The van der Waals surface area contributed by atoms with Crippen LogP contribution in [-0.4, -0.2) is 30.4 Å². The summed E-state index contributed by atoms with van der Waals surface area (Å²) >= 11 is 0. The Morgan fingerprint density at radius 1 is 1.24 bits per heavy atom. The maximum absolute atomic E-state index is 12.5. The van der Waals surface area contributed by atoms with Crippen LogP contribution in [0.15, 0.2) is 42.5 Å². The van der Waals surface area contributed by atoms with Crippen LogP contribution in [0.3, 0.4) is 0 Å². The molecule has 134 valence electrons. The maximum Gasteiger partial charge on any atom is 0.227 e. The van der Waals surface area contributed by atoms with E-state index in [4.69, 9.17) is 5.73 Å². The molecule has 0 aliphatic carbocycles. The summed E-state index contributed by atoms with van der Waals surface area (Å²) in [6, 6.07) is 13.9. The number of hydrogen-bond donors (Lipinski definition) is 2. The monoisotopic (exact) mass is 361 g/mol. The minimum absolute atomic E-state index is 0. The van der Waals surface area contributed by atoms with Gasteiger partial charge in [0.1, 0.15) is 0 Å². The number of carbonyl (C=O) groups is 2. The molecule has 1 aliphatic rings. The number of hydrogen-bond acceptors (Lipinski definition) is 3. The zero-order valence-electron chi connectivity index (χ0n) is 14.5. The van der Waals surface area contributed by atoms with Gasteiger partial charge in [-0.2, -0.15) is 0 Å². The van der Waals surface area contributed by atoms with Gasteiger partial charge in [0.05, 0.1) is 11.6 Å². The molecular weight excluding hydrogens is 338 g/mol. The van der Waals surface area contributed by atoms with Crippen molar-refractivity contribution in [2.24, 2.45) is 11.7 Å². The minimum Gasteiger partial charge on any atom is -0.354 e. The Balaban J connectivity index is 0.00000225. The van der Waals surface area contributed by atoms with Gasteiger partial charge in [0, 0.05) is 30.4 Å². The molecule has 0 saturated carbocycles. The van der Waals surface area contributed by atoms with E-state index in [-0.39, 0.29) is 36.6 Å². The zero-order chi connectivity index (χ0) is 17.3. The summed E-state index contributed by atoms with van der Waals surface area (Å²) in [5.74, 6) is -0.457. The molecule has 0 bridgehead atoms. The molecule has 0 spiro atoms. The molecule has 1 fully saturated rings. The zero-order valence-corrected chi connectivity index (χ0v) is 15.3. The van der Waals surface area contributed by atoms with Gasteiger partial charge < -0.3 is 16.0 Å². The first kappa shape index (κ1) is 19.2. The molecule has 1 atom stereocenters. The standard InChI is InChI=1S/C19H23N3O2.ClH/c1-19(2,20)12-21-18(24)14-10-17(23)22(11-14)16-9-5-7-13-6-3-4-8-15(13)16;/h3-9,14H,10-12,20H2,1-2H3,(H,21,24);1H. The van der Waals surface area contributed by atoms with Gasteiger partial charge >= 0.3 is 0 Å². The Morgan fingerprint density at radius 3 is 2.64 bits per heavy atom. The van der Waals surface area contributed by atoms with E-state index in [0.717, 1.165) is 16.5 Å². The molecule has 3 N–H and O–H groups in total. The number of rotatable bonds is 4. The van der Waals surface area contributed by atoms with Gasteiger partial charge in [0.25, 0.3) is 0 Å². The first-order valence-corrected chi connectivity index (χ1v) is 8.20. The largest absolute Gasteiger partial charge is 0.354 e. The molecule has 0 radical (unpaired) electrons. The second-order valence-corrected chi connectivity index (χ2v) is 7.11. The summed E-state index contributed by atoms with van der Waals surface area (Å²) < 4.78 is 0. The number of anilines is 1. The smallest absolute Gasteiger partial charge is 0.227 e. The van der Waals surface area contributed by atoms with E-state index in [1.54, 1.807) is 4.90 Å². The maximum atomic E-state index is 12.5. The van der Waals surface area contributed by atoms with Crippen molar-refractivity contribution >= 4 is 40.7 Å². The molecule has 2 amide bonds. The number of fused-ring (bicyclic) bond motifs is 1. The molecule has 0 aromatic heterocycles. The highest BCUT2D eigenvalue weighted by Crippen LogP contribution is 2.31. The fraction of sp³-hybridized carbons (Fsp3) is 0.368. The molecule has 2 aromatic carbocycles. The predicted octanol–water partition coefficient (Wildman–Crippen LogP) is 2.47. The van der Waals surface area contributed by atoms with Crippen LogP contribution in [0.2, 0.25) is 0 Å². The van der Waals surface area contributed by atoms with Crippen molar-refractivity contribution in [2.75, 3.05) is 18.0 Å². The third-order valence-electron chi connectivity index (χ3n) is 4.27. The summed E-state index contributed by atoms with van der Waals surface area (Å²) in [5.41, 5.74) is 6.30. The van der Waals surface area contributed by atoms with Gasteiger partial charge in [0.15, 0.2) is 0 Å². The predicted molar refractivity (Wildman–Crippen MR) is 103 cm³/mol. The van der Waals surface area contributed by atoms with E-state index >= 15 is 0 Å². The molecule has 1 aliphatic heterocycles. The summed E-state index contributed by atoms with van der Waals surface area (Å²) in [4.78, 5) is 26.5. The number of benzene rings is 2.